The maximum absolute atomic E-state index is 6.65. The van der Waals surface area contributed by atoms with E-state index in [0.29, 0.717) is 12.6 Å². The number of hydrogen-bond acceptors (Lipinski definition) is 6. The first-order valence-electron chi connectivity index (χ1n) is 19.0. The summed E-state index contributed by atoms with van der Waals surface area (Å²) in [7, 11) is -5.22. The lowest BCUT2D eigenvalue weighted by molar-refractivity contribution is 0.281. The lowest BCUT2D eigenvalue weighted by Crippen LogP contribution is -2.51. The molecule has 47 heavy (non-hydrogen) atoms. The predicted molar refractivity (Wildman–Crippen MR) is 208 cm³/mol. The van der Waals surface area contributed by atoms with Gasteiger partial charge in [0.05, 0.1) is 13.2 Å². The molecule has 0 N–H and O–H groups in total. The van der Waals surface area contributed by atoms with E-state index in [1.54, 1.807) is 0 Å². The third-order valence-electron chi connectivity index (χ3n) is 8.31. The zero-order valence-electron chi connectivity index (χ0n) is 31.6. The van der Waals surface area contributed by atoms with Crippen molar-refractivity contribution in [2.75, 3.05) is 13.2 Å². The van der Waals surface area contributed by atoms with Gasteiger partial charge in [0.1, 0.15) is 5.75 Å². The zero-order chi connectivity index (χ0) is 34.4. The van der Waals surface area contributed by atoms with E-state index in [2.05, 4.69) is 74.9 Å². The van der Waals surface area contributed by atoms with Gasteiger partial charge in [0.15, 0.2) is 16.6 Å². The second-order valence-electron chi connectivity index (χ2n) is 15.4. The van der Waals surface area contributed by atoms with Crippen LogP contribution in [-0.4, -0.2) is 48.4 Å². The molecule has 1 heterocycles. The van der Waals surface area contributed by atoms with Gasteiger partial charge in [0.25, 0.3) is 0 Å². The van der Waals surface area contributed by atoms with E-state index in [-0.39, 0.29) is 0 Å². The molecule has 2 aromatic rings. The van der Waals surface area contributed by atoms with Crippen molar-refractivity contribution in [2.45, 2.75) is 168 Å². The first-order valence-corrected chi connectivity index (χ1v) is 28.3. The Hall–Kier alpha value is -1.53. The molecule has 9 heteroatoms. The molecule has 0 aliphatic carbocycles. The van der Waals surface area contributed by atoms with Crippen LogP contribution in [0.25, 0.3) is 11.1 Å². The number of unbranched alkanes of at least 4 members (excludes halogenated alkanes) is 15. The van der Waals surface area contributed by atoms with E-state index < -0.39 is 25.2 Å². The molecule has 0 fully saturated rings. The monoisotopic (exact) mass is 702 g/mol. The number of aromatic nitrogens is 2. The Morgan fingerprint density at radius 3 is 1.49 bits per heavy atom. The summed E-state index contributed by atoms with van der Waals surface area (Å²) in [5.41, 5.74) is 2.08. The highest BCUT2D eigenvalue weighted by Crippen LogP contribution is 2.25. The van der Waals surface area contributed by atoms with Crippen molar-refractivity contribution < 1.29 is 17.7 Å². The van der Waals surface area contributed by atoms with E-state index in [9.17, 15) is 0 Å². The fourth-order valence-corrected chi connectivity index (χ4v) is 19.5. The van der Waals surface area contributed by atoms with Gasteiger partial charge in [0.2, 0.25) is 0 Å². The summed E-state index contributed by atoms with van der Waals surface area (Å²) < 4.78 is 24.8. The predicted octanol–water partition coefficient (Wildman–Crippen LogP) is 12.3. The van der Waals surface area contributed by atoms with Crippen molar-refractivity contribution in [3.05, 3.63) is 36.7 Å². The van der Waals surface area contributed by atoms with Crippen molar-refractivity contribution in [3.8, 4) is 22.9 Å². The van der Waals surface area contributed by atoms with E-state index in [0.717, 1.165) is 36.3 Å². The molecule has 0 unspecified atom stereocenters. The number of ether oxygens (including phenoxy) is 2. The van der Waals surface area contributed by atoms with Crippen LogP contribution in [-0.2, 0) is 8.23 Å². The number of benzene rings is 1. The normalized spacial score (nSPS) is 12.4. The zero-order valence-corrected chi connectivity index (χ0v) is 34.6. The molecule has 0 aliphatic rings. The molecule has 0 saturated carbocycles. The van der Waals surface area contributed by atoms with Crippen LogP contribution < -0.4 is 9.47 Å². The highest BCUT2D eigenvalue weighted by atomic mass is 28.5. The summed E-state index contributed by atoms with van der Waals surface area (Å²) in [5, 5.41) is 0. The van der Waals surface area contributed by atoms with Gasteiger partial charge in [-0.1, -0.05) is 115 Å². The summed E-state index contributed by atoms with van der Waals surface area (Å²) in [5.74, 6) is 0.922. The number of nitrogens with zero attached hydrogens (tertiary/aromatic N) is 2. The third kappa shape index (κ3) is 21.2. The van der Waals surface area contributed by atoms with Gasteiger partial charge in [0, 0.05) is 18.0 Å². The molecule has 0 bridgehead atoms. The molecule has 0 aliphatic heterocycles. The van der Waals surface area contributed by atoms with E-state index in [1.165, 1.54) is 102 Å². The summed E-state index contributed by atoms with van der Waals surface area (Å²) in [4.78, 5) is 8.83. The van der Waals surface area contributed by atoms with Crippen molar-refractivity contribution in [2.24, 2.45) is 0 Å². The van der Waals surface area contributed by atoms with Crippen LogP contribution in [0.2, 0.25) is 51.9 Å². The maximum atomic E-state index is 6.65. The molecule has 2 rings (SSSR count). The average Bonchev–Trinajstić information content (AvgIpc) is 2.99. The van der Waals surface area contributed by atoms with Crippen molar-refractivity contribution in [1.29, 1.82) is 0 Å². The molecule has 0 saturated heterocycles. The Bertz CT molecular complexity index is 1060. The van der Waals surface area contributed by atoms with Gasteiger partial charge in [-0.2, -0.15) is 0 Å². The minimum Gasteiger partial charge on any atom is -0.494 e. The highest BCUT2D eigenvalue weighted by molar-refractivity contribution is 6.87. The van der Waals surface area contributed by atoms with E-state index >= 15 is 0 Å². The molecule has 0 amide bonds. The van der Waals surface area contributed by atoms with Gasteiger partial charge in [-0.15, -0.1) is 0 Å². The Kier molecular flexibility index (Phi) is 20.4. The Labute approximate surface area is 292 Å². The SMILES string of the molecule is CCCCCCCCCCOc1ncc(-c2ccc(OCCCCCCCCCCC[Si](C)(C)O[Si](C)(C)O[Si](C)(C)C)cc2)cn1. The molecule has 0 radical (unpaired) electrons. The topological polar surface area (TPSA) is 62.7 Å². The van der Waals surface area contributed by atoms with Crippen molar-refractivity contribution in [3.63, 3.8) is 0 Å². The van der Waals surface area contributed by atoms with Crippen LogP contribution in [0, 0.1) is 0 Å². The molecular weight excluding hydrogens is 633 g/mol. The summed E-state index contributed by atoms with van der Waals surface area (Å²) in [6.45, 7) is 19.7. The molecule has 1 aromatic heterocycles. The van der Waals surface area contributed by atoms with Crippen LogP contribution in [0.5, 0.6) is 11.8 Å². The summed E-state index contributed by atoms with van der Waals surface area (Å²) in [6, 6.07) is 9.96. The first kappa shape index (κ1) is 41.6. The lowest BCUT2D eigenvalue weighted by Gasteiger charge is -2.37. The Morgan fingerprint density at radius 2 is 0.979 bits per heavy atom. The second-order valence-corrected chi connectivity index (χ2v) is 28.0. The molecule has 268 valence electrons. The van der Waals surface area contributed by atoms with Gasteiger partial charge in [-0.05, 0) is 82.4 Å². The van der Waals surface area contributed by atoms with E-state index in [4.69, 9.17) is 17.7 Å². The van der Waals surface area contributed by atoms with Crippen LogP contribution in [0.15, 0.2) is 36.7 Å². The molecule has 6 nitrogen and oxygen atoms in total. The molecule has 0 atom stereocenters. The third-order valence-corrected chi connectivity index (χ3v) is 18.5. The minimum atomic E-state index is -2.01. The van der Waals surface area contributed by atoms with Crippen LogP contribution in [0.3, 0.4) is 0 Å². The molecular formula is C38H70N2O4Si3. The summed E-state index contributed by atoms with van der Waals surface area (Å²) >= 11 is 0. The summed E-state index contributed by atoms with van der Waals surface area (Å²) in [6.07, 6.45) is 25.6. The number of rotatable bonds is 28. The Morgan fingerprint density at radius 1 is 0.511 bits per heavy atom. The van der Waals surface area contributed by atoms with Gasteiger partial charge >= 0.3 is 14.6 Å². The second kappa shape index (κ2) is 23.0. The fraction of sp³-hybridized carbons (Fsp3) is 0.737. The smallest absolute Gasteiger partial charge is 0.316 e. The standard InChI is InChI=1S/C38H70N2O4Si3/c1-9-10-11-12-13-17-21-24-31-42-38-39-33-36(34-40-38)35-26-28-37(29-27-35)41-30-23-20-18-15-14-16-19-22-25-32-46(5,6)44-47(7,8)43-45(2,3)4/h26-29,33-34H,9-25,30-32H2,1-8H3. The minimum absolute atomic E-state index is 0.466. The Balaban J connectivity index is 1.47. The van der Waals surface area contributed by atoms with Crippen molar-refractivity contribution >= 4 is 25.2 Å². The van der Waals surface area contributed by atoms with Gasteiger partial charge in [-0.3, -0.25) is 0 Å². The highest BCUT2D eigenvalue weighted by Gasteiger charge is 2.37. The average molecular weight is 703 g/mol. The first-order chi connectivity index (χ1) is 22.4. The molecule has 0 spiro atoms. The van der Waals surface area contributed by atoms with Gasteiger partial charge < -0.3 is 17.7 Å². The van der Waals surface area contributed by atoms with Crippen LogP contribution >= 0.6 is 0 Å². The van der Waals surface area contributed by atoms with Gasteiger partial charge in [-0.25, -0.2) is 9.97 Å². The van der Waals surface area contributed by atoms with Crippen molar-refractivity contribution in [1.82, 2.24) is 9.97 Å². The van der Waals surface area contributed by atoms with E-state index in [1.807, 2.05) is 24.5 Å². The fourth-order valence-electron chi connectivity index (χ4n) is 6.24. The quantitative estimate of drug-likeness (QED) is 0.0650. The largest absolute Gasteiger partial charge is 0.494 e. The number of hydrogen-bond donors (Lipinski definition) is 0. The van der Waals surface area contributed by atoms with Crippen LogP contribution in [0.1, 0.15) is 116 Å². The maximum Gasteiger partial charge on any atom is 0.316 e. The van der Waals surface area contributed by atoms with Crippen LogP contribution in [0.4, 0.5) is 0 Å². The molecule has 1 aromatic carbocycles. The lowest BCUT2D eigenvalue weighted by atomic mass is 10.1.